The number of pyridine rings is 1. The third kappa shape index (κ3) is 3.75. The first-order chi connectivity index (χ1) is 10.2. The number of alkyl carbamates (subject to hydrolysis) is 1. The van der Waals surface area contributed by atoms with Crippen LogP contribution in [-0.4, -0.2) is 35.7 Å². The number of fused-ring (bicyclic) bond motifs is 1. The maximum atomic E-state index is 12.5. The van der Waals surface area contributed by atoms with Crippen LogP contribution < -0.4 is 10.2 Å². The van der Waals surface area contributed by atoms with Crippen molar-refractivity contribution in [2.45, 2.75) is 52.2 Å². The molecule has 0 aliphatic carbocycles. The summed E-state index contributed by atoms with van der Waals surface area (Å²) >= 11 is 0. The third-order valence-corrected chi connectivity index (χ3v) is 3.43. The van der Waals surface area contributed by atoms with Crippen molar-refractivity contribution in [1.82, 2.24) is 10.3 Å². The highest BCUT2D eigenvalue weighted by Crippen LogP contribution is 2.24. The smallest absolute Gasteiger partial charge is 0.408 e. The standard InChI is InChI=1S/C16H23N3O3/c1-10-6-7-11-8-9-12(14(20)19(5)13(11)17-10)18-15(21)22-16(2,3)4/h6-7,12H,8-9H2,1-5H3,(H,18,21)/t12-/m0/s1. The molecule has 6 heteroatoms. The van der Waals surface area contributed by atoms with Crippen molar-refractivity contribution in [2.75, 3.05) is 11.9 Å². The van der Waals surface area contributed by atoms with Crippen LogP contribution in [0.4, 0.5) is 10.6 Å². The lowest BCUT2D eigenvalue weighted by atomic mass is 10.1. The number of ether oxygens (including phenoxy) is 1. The number of aromatic nitrogens is 1. The van der Waals surface area contributed by atoms with Crippen molar-refractivity contribution >= 4 is 17.8 Å². The predicted octanol–water partition coefficient (Wildman–Crippen LogP) is 2.19. The van der Waals surface area contributed by atoms with Gasteiger partial charge in [-0.3, -0.25) is 9.69 Å². The van der Waals surface area contributed by atoms with Gasteiger partial charge >= 0.3 is 6.09 Å². The van der Waals surface area contributed by atoms with Crippen molar-refractivity contribution in [2.24, 2.45) is 0 Å². The number of likely N-dealkylation sites (N-methyl/N-ethyl adjacent to an activating group) is 1. The number of hydrogen-bond donors (Lipinski definition) is 1. The van der Waals surface area contributed by atoms with Crippen LogP contribution in [0.2, 0.25) is 0 Å². The van der Waals surface area contributed by atoms with E-state index < -0.39 is 17.7 Å². The van der Waals surface area contributed by atoms with Gasteiger partial charge in [-0.1, -0.05) is 6.07 Å². The zero-order valence-corrected chi connectivity index (χ0v) is 13.8. The van der Waals surface area contributed by atoms with E-state index in [1.165, 1.54) is 4.90 Å². The molecule has 1 aliphatic heterocycles. The monoisotopic (exact) mass is 305 g/mol. The second-order valence-electron chi connectivity index (χ2n) is 6.57. The highest BCUT2D eigenvalue weighted by molar-refractivity contribution is 5.98. The minimum absolute atomic E-state index is 0.178. The molecule has 2 amide bonds. The zero-order chi connectivity index (χ0) is 16.5. The van der Waals surface area contributed by atoms with E-state index in [0.29, 0.717) is 18.7 Å². The first-order valence-electron chi connectivity index (χ1n) is 7.41. The first-order valence-corrected chi connectivity index (χ1v) is 7.41. The van der Waals surface area contributed by atoms with Crippen LogP contribution in [0.1, 0.15) is 38.4 Å². The summed E-state index contributed by atoms with van der Waals surface area (Å²) in [6, 6.07) is 3.31. The molecule has 0 saturated carbocycles. The molecule has 2 rings (SSSR count). The minimum atomic E-state index is -0.602. The van der Waals surface area contributed by atoms with Gasteiger partial charge in [-0.25, -0.2) is 9.78 Å². The van der Waals surface area contributed by atoms with E-state index in [0.717, 1.165) is 11.3 Å². The third-order valence-electron chi connectivity index (χ3n) is 3.43. The number of nitrogens with one attached hydrogen (secondary N) is 1. The lowest BCUT2D eigenvalue weighted by Crippen LogP contribution is -2.48. The summed E-state index contributed by atoms with van der Waals surface area (Å²) in [6.45, 7) is 7.25. The molecule has 0 bridgehead atoms. The van der Waals surface area contributed by atoms with Crippen LogP contribution in [0.5, 0.6) is 0 Å². The number of carbonyl (C=O) groups is 2. The van der Waals surface area contributed by atoms with Crippen LogP contribution in [0.25, 0.3) is 0 Å². The van der Waals surface area contributed by atoms with Gasteiger partial charge < -0.3 is 10.1 Å². The summed E-state index contributed by atoms with van der Waals surface area (Å²) in [7, 11) is 1.68. The Kier molecular flexibility index (Phi) is 4.39. The van der Waals surface area contributed by atoms with Crippen molar-refractivity contribution in [3.8, 4) is 0 Å². The Balaban J connectivity index is 2.15. The van der Waals surface area contributed by atoms with Crippen molar-refractivity contribution in [1.29, 1.82) is 0 Å². The number of nitrogens with zero attached hydrogens (tertiary/aromatic N) is 2. The van der Waals surface area contributed by atoms with Crippen LogP contribution >= 0.6 is 0 Å². The molecule has 0 spiro atoms. The Hall–Kier alpha value is -2.11. The van der Waals surface area contributed by atoms with Crippen molar-refractivity contribution in [3.63, 3.8) is 0 Å². The van der Waals surface area contributed by atoms with Crippen molar-refractivity contribution < 1.29 is 14.3 Å². The number of rotatable bonds is 1. The Bertz CT molecular complexity index is 593. The lowest BCUT2D eigenvalue weighted by molar-refractivity contribution is -0.120. The molecule has 120 valence electrons. The summed E-state index contributed by atoms with van der Waals surface area (Å²) < 4.78 is 5.22. The zero-order valence-electron chi connectivity index (χ0n) is 13.8. The minimum Gasteiger partial charge on any atom is -0.444 e. The van der Waals surface area contributed by atoms with Gasteiger partial charge in [0.15, 0.2) is 0 Å². The summed E-state index contributed by atoms with van der Waals surface area (Å²) in [5.74, 6) is 0.487. The Labute approximate surface area is 130 Å². The highest BCUT2D eigenvalue weighted by Gasteiger charge is 2.31. The topological polar surface area (TPSA) is 71.5 Å². The van der Waals surface area contributed by atoms with Gasteiger partial charge in [-0.05, 0) is 52.2 Å². The van der Waals surface area contributed by atoms with Gasteiger partial charge in [-0.15, -0.1) is 0 Å². The van der Waals surface area contributed by atoms with Crippen LogP contribution in [0, 0.1) is 6.92 Å². The van der Waals surface area contributed by atoms with Gasteiger partial charge in [0.25, 0.3) is 5.91 Å². The molecule has 1 atom stereocenters. The fourth-order valence-electron chi connectivity index (χ4n) is 2.40. The average Bonchev–Trinajstić information content (AvgIpc) is 2.50. The molecular weight excluding hydrogens is 282 g/mol. The van der Waals surface area contributed by atoms with E-state index in [1.807, 2.05) is 19.1 Å². The Morgan fingerprint density at radius 1 is 1.41 bits per heavy atom. The Morgan fingerprint density at radius 3 is 2.73 bits per heavy atom. The second-order valence-corrected chi connectivity index (χ2v) is 6.57. The van der Waals surface area contributed by atoms with E-state index in [2.05, 4.69) is 10.3 Å². The predicted molar refractivity (Wildman–Crippen MR) is 83.9 cm³/mol. The van der Waals surface area contributed by atoms with E-state index >= 15 is 0 Å². The van der Waals surface area contributed by atoms with Crippen LogP contribution in [-0.2, 0) is 16.0 Å². The van der Waals surface area contributed by atoms with E-state index in [1.54, 1.807) is 27.8 Å². The summed E-state index contributed by atoms with van der Waals surface area (Å²) in [4.78, 5) is 30.4. The molecule has 0 fully saturated rings. The average molecular weight is 305 g/mol. The normalized spacial score (nSPS) is 18.5. The van der Waals surface area contributed by atoms with Crippen LogP contribution in [0.3, 0.4) is 0 Å². The number of anilines is 1. The summed E-state index contributed by atoms with van der Waals surface area (Å²) in [5.41, 5.74) is 1.28. The number of amides is 2. The second kappa shape index (κ2) is 5.94. The summed E-state index contributed by atoms with van der Waals surface area (Å²) in [6.07, 6.45) is 0.633. The van der Waals surface area contributed by atoms with Crippen molar-refractivity contribution in [3.05, 3.63) is 23.4 Å². The molecule has 1 aliphatic rings. The van der Waals surface area contributed by atoms with Crippen LogP contribution in [0.15, 0.2) is 12.1 Å². The molecule has 0 aromatic carbocycles. The Morgan fingerprint density at radius 2 is 2.09 bits per heavy atom. The van der Waals surface area contributed by atoms with Gasteiger partial charge in [0.05, 0.1) is 0 Å². The first kappa shape index (κ1) is 16.3. The van der Waals surface area contributed by atoms with Gasteiger partial charge in [0.2, 0.25) is 0 Å². The maximum absolute atomic E-state index is 12.5. The van der Waals surface area contributed by atoms with Gasteiger partial charge in [0, 0.05) is 12.7 Å². The van der Waals surface area contributed by atoms with E-state index in [4.69, 9.17) is 4.74 Å². The molecule has 0 unspecified atom stereocenters. The number of carbonyl (C=O) groups excluding carboxylic acids is 2. The lowest BCUT2D eigenvalue weighted by Gasteiger charge is -2.24. The highest BCUT2D eigenvalue weighted by atomic mass is 16.6. The molecule has 1 aromatic rings. The van der Waals surface area contributed by atoms with E-state index in [9.17, 15) is 9.59 Å². The number of hydrogen-bond acceptors (Lipinski definition) is 4. The molecule has 0 radical (unpaired) electrons. The molecule has 0 saturated heterocycles. The van der Waals surface area contributed by atoms with Gasteiger partial charge in [0.1, 0.15) is 17.5 Å². The maximum Gasteiger partial charge on any atom is 0.408 e. The quantitative estimate of drug-likeness (QED) is 0.863. The molecule has 1 N–H and O–H groups in total. The van der Waals surface area contributed by atoms with E-state index in [-0.39, 0.29) is 5.91 Å². The molecule has 22 heavy (non-hydrogen) atoms. The van der Waals surface area contributed by atoms with Gasteiger partial charge in [-0.2, -0.15) is 0 Å². The fourth-order valence-corrected chi connectivity index (χ4v) is 2.40. The molecular formula is C16H23N3O3. The molecule has 2 heterocycles. The fraction of sp³-hybridized carbons (Fsp3) is 0.562. The molecule has 6 nitrogen and oxygen atoms in total. The molecule has 1 aromatic heterocycles. The number of aryl methyl sites for hydroxylation is 2. The summed E-state index contributed by atoms with van der Waals surface area (Å²) in [5, 5.41) is 2.66. The largest absolute Gasteiger partial charge is 0.444 e. The SMILES string of the molecule is Cc1ccc2c(n1)N(C)C(=O)[C@@H](NC(=O)OC(C)(C)C)CC2.